The van der Waals surface area contributed by atoms with E-state index in [4.69, 9.17) is 13.9 Å². The van der Waals surface area contributed by atoms with Crippen molar-refractivity contribution in [1.82, 2.24) is 10.3 Å². The molecule has 5 rings (SSSR count). The Hall–Kier alpha value is -3.28. The maximum Gasteiger partial charge on any atom is 0.274 e. The first-order valence-electron chi connectivity index (χ1n) is 10.3. The fourth-order valence-corrected chi connectivity index (χ4v) is 3.67. The van der Waals surface area contributed by atoms with Gasteiger partial charge in [-0.3, -0.25) is 4.79 Å². The summed E-state index contributed by atoms with van der Waals surface area (Å²) in [4.78, 5) is 17.8. The standard InChI is InChI=1S/C24H24N2O4/c1-24(2,17-10-11-18-19(14-17)29-13-12-28-18)26-22(27)20-21(15-8-9-15)30-23(25-20)16-6-4-3-5-7-16/h3-7,10-11,14-15H,8-9,12-13H2,1-2H3,(H,26,27). The van der Waals surface area contributed by atoms with E-state index in [0.717, 1.165) is 29.7 Å². The molecule has 0 radical (unpaired) electrons. The molecule has 0 saturated heterocycles. The Morgan fingerprint density at radius 2 is 1.77 bits per heavy atom. The van der Waals surface area contributed by atoms with Crippen LogP contribution in [0.4, 0.5) is 0 Å². The number of ether oxygens (including phenoxy) is 2. The first kappa shape index (κ1) is 18.7. The molecule has 0 atom stereocenters. The quantitative estimate of drug-likeness (QED) is 0.670. The van der Waals surface area contributed by atoms with Gasteiger partial charge in [0.1, 0.15) is 19.0 Å². The van der Waals surface area contributed by atoms with Gasteiger partial charge in [0.15, 0.2) is 17.2 Å². The van der Waals surface area contributed by atoms with Gasteiger partial charge in [-0.15, -0.1) is 0 Å². The molecule has 1 amide bonds. The lowest BCUT2D eigenvalue weighted by Crippen LogP contribution is -2.41. The molecule has 30 heavy (non-hydrogen) atoms. The third kappa shape index (κ3) is 3.54. The molecule has 1 aliphatic carbocycles. The van der Waals surface area contributed by atoms with E-state index < -0.39 is 5.54 Å². The Bertz CT molecular complexity index is 1080. The van der Waals surface area contributed by atoms with E-state index in [0.29, 0.717) is 36.3 Å². The normalized spacial score (nSPS) is 15.7. The fraction of sp³-hybridized carbons (Fsp3) is 0.333. The highest BCUT2D eigenvalue weighted by molar-refractivity contribution is 5.94. The molecule has 1 aromatic heterocycles. The van der Waals surface area contributed by atoms with Crippen LogP contribution in [0.3, 0.4) is 0 Å². The van der Waals surface area contributed by atoms with Crippen LogP contribution in [-0.4, -0.2) is 24.1 Å². The van der Waals surface area contributed by atoms with Crippen LogP contribution in [-0.2, 0) is 5.54 Å². The second kappa shape index (κ2) is 7.20. The predicted molar refractivity (Wildman–Crippen MR) is 112 cm³/mol. The second-order valence-corrected chi connectivity index (χ2v) is 8.31. The van der Waals surface area contributed by atoms with E-state index in [2.05, 4.69) is 10.3 Å². The lowest BCUT2D eigenvalue weighted by molar-refractivity contribution is 0.0905. The molecule has 6 heteroatoms. The summed E-state index contributed by atoms with van der Waals surface area (Å²) in [7, 11) is 0. The number of oxazole rings is 1. The molecule has 2 aromatic carbocycles. The van der Waals surface area contributed by atoms with Gasteiger partial charge in [-0.05, 0) is 56.5 Å². The maximum absolute atomic E-state index is 13.2. The van der Waals surface area contributed by atoms with Gasteiger partial charge in [0.2, 0.25) is 5.89 Å². The van der Waals surface area contributed by atoms with E-state index in [1.54, 1.807) is 0 Å². The number of aromatic nitrogens is 1. The SMILES string of the molecule is CC(C)(NC(=O)c1nc(-c2ccccc2)oc1C1CC1)c1ccc2c(c1)OCCO2. The van der Waals surface area contributed by atoms with Gasteiger partial charge in [-0.25, -0.2) is 4.98 Å². The highest BCUT2D eigenvalue weighted by Gasteiger charge is 2.36. The number of rotatable bonds is 5. The number of nitrogens with zero attached hydrogens (tertiary/aromatic N) is 1. The molecule has 1 N–H and O–H groups in total. The van der Waals surface area contributed by atoms with Gasteiger partial charge >= 0.3 is 0 Å². The van der Waals surface area contributed by atoms with Gasteiger partial charge in [-0.2, -0.15) is 0 Å². The van der Waals surface area contributed by atoms with Crippen molar-refractivity contribution in [2.75, 3.05) is 13.2 Å². The van der Waals surface area contributed by atoms with Crippen LogP contribution in [0.5, 0.6) is 11.5 Å². The maximum atomic E-state index is 13.2. The lowest BCUT2D eigenvalue weighted by Gasteiger charge is -2.28. The molecular formula is C24H24N2O4. The van der Waals surface area contributed by atoms with Crippen LogP contribution in [0.25, 0.3) is 11.5 Å². The average Bonchev–Trinajstić information content (AvgIpc) is 3.51. The predicted octanol–water partition coefficient (Wildman–Crippen LogP) is 4.66. The van der Waals surface area contributed by atoms with Gasteiger partial charge < -0.3 is 19.2 Å². The van der Waals surface area contributed by atoms with E-state index in [9.17, 15) is 4.79 Å². The van der Waals surface area contributed by atoms with Crippen LogP contribution in [0, 0.1) is 0 Å². The Balaban J connectivity index is 1.42. The molecule has 2 aliphatic rings. The number of fused-ring (bicyclic) bond motifs is 1. The summed E-state index contributed by atoms with van der Waals surface area (Å²) >= 11 is 0. The minimum Gasteiger partial charge on any atom is -0.486 e. The molecule has 6 nitrogen and oxygen atoms in total. The third-order valence-corrected chi connectivity index (χ3v) is 5.53. The fourth-order valence-electron chi connectivity index (χ4n) is 3.67. The van der Waals surface area contributed by atoms with E-state index in [1.807, 2.05) is 62.4 Å². The summed E-state index contributed by atoms with van der Waals surface area (Å²) in [5.74, 6) is 2.64. The number of amides is 1. The van der Waals surface area contributed by atoms with Crippen molar-refractivity contribution in [3.63, 3.8) is 0 Å². The van der Waals surface area contributed by atoms with Gasteiger partial charge in [0.05, 0.1) is 5.54 Å². The number of carbonyl (C=O) groups excluding carboxylic acids is 1. The van der Waals surface area contributed by atoms with Gasteiger partial charge in [0, 0.05) is 11.5 Å². The van der Waals surface area contributed by atoms with Crippen molar-refractivity contribution in [1.29, 1.82) is 0 Å². The third-order valence-electron chi connectivity index (χ3n) is 5.53. The Kier molecular flexibility index (Phi) is 4.50. The number of hydrogen-bond acceptors (Lipinski definition) is 5. The Morgan fingerprint density at radius 1 is 1.03 bits per heavy atom. The minimum atomic E-state index is -0.625. The second-order valence-electron chi connectivity index (χ2n) is 8.31. The smallest absolute Gasteiger partial charge is 0.274 e. The Morgan fingerprint density at radius 3 is 2.50 bits per heavy atom. The molecule has 3 aromatic rings. The number of benzene rings is 2. The van der Waals surface area contributed by atoms with Crippen molar-refractivity contribution in [2.45, 2.75) is 38.1 Å². The van der Waals surface area contributed by atoms with Crippen molar-refractivity contribution in [2.24, 2.45) is 0 Å². The zero-order chi connectivity index (χ0) is 20.7. The van der Waals surface area contributed by atoms with E-state index >= 15 is 0 Å². The molecule has 2 heterocycles. The zero-order valence-electron chi connectivity index (χ0n) is 17.1. The van der Waals surface area contributed by atoms with Crippen molar-refractivity contribution >= 4 is 5.91 Å². The molecule has 1 fully saturated rings. The first-order valence-corrected chi connectivity index (χ1v) is 10.3. The molecule has 154 valence electrons. The summed E-state index contributed by atoms with van der Waals surface area (Å²) < 4.78 is 17.3. The lowest BCUT2D eigenvalue weighted by atomic mass is 9.93. The topological polar surface area (TPSA) is 73.6 Å². The van der Waals surface area contributed by atoms with E-state index in [1.165, 1.54) is 0 Å². The molecule has 0 unspecified atom stereocenters. The van der Waals surface area contributed by atoms with Crippen LogP contribution in [0.1, 0.15) is 54.4 Å². The summed E-state index contributed by atoms with van der Waals surface area (Å²) in [6.07, 6.45) is 2.05. The largest absolute Gasteiger partial charge is 0.486 e. The molecule has 1 aliphatic heterocycles. The van der Waals surface area contributed by atoms with E-state index in [-0.39, 0.29) is 11.8 Å². The van der Waals surface area contributed by atoms with Crippen molar-refractivity contribution < 1.29 is 18.7 Å². The monoisotopic (exact) mass is 404 g/mol. The van der Waals surface area contributed by atoms with Crippen LogP contribution in [0.15, 0.2) is 52.9 Å². The molecule has 0 spiro atoms. The zero-order valence-corrected chi connectivity index (χ0v) is 17.1. The first-order chi connectivity index (χ1) is 14.5. The highest BCUT2D eigenvalue weighted by atomic mass is 16.6. The van der Waals surface area contributed by atoms with Crippen LogP contribution < -0.4 is 14.8 Å². The molecular weight excluding hydrogens is 380 g/mol. The van der Waals surface area contributed by atoms with Crippen molar-refractivity contribution in [3.05, 3.63) is 65.5 Å². The number of carbonyl (C=O) groups is 1. The summed E-state index contributed by atoms with van der Waals surface area (Å²) in [6, 6.07) is 15.4. The molecule has 0 bridgehead atoms. The summed E-state index contributed by atoms with van der Waals surface area (Å²) in [5, 5.41) is 3.13. The summed E-state index contributed by atoms with van der Waals surface area (Å²) in [6.45, 7) is 5.00. The number of nitrogens with one attached hydrogen (secondary N) is 1. The van der Waals surface area contributed by atoms with Crippen LogP contribution in [0.2, 0.25) is 0 Å². The van der Waals surface area contributed by atoms with Crippen LogP contribution >= 0.6 is 0 Å². The van der Waals surface area contributed by atoms with Crippen molar-refractivity contribution in [3.8, 4) is 23.0 Å². The average molecular weight is 404 g/mol. The minimum absolute atomic E-state index is 0.234. The number of hydrogen-bond donors (Lipinski definition) is 1. The Labute approximate surface area is 175 Å². The van der Waals surface area contributed by atoms with Gasteiger partial charge in [-0.1, -0.05) is 24.3 Å². The summed E-state index contributed by atoms with van der Waals surface area (Å²) in [5.41, 5.74) is 1.55. The van der Waals surface area contributed by atoms with Gasteiger partial charge in [0.25, 0.3) is 5.91 Å². The highest BCUT2D eigenvalue weighted by Crippen LogP contribution is 2.43. The molecule has 1 saturated carbocycles.